The first-order valence-electron chi connectivity index (χ1n) is 11.2. The Bertz CT molecular complexity index is 1270. The first-order valence-corrected chi connectivity index (χ1v) is 12.4. The minimum atomic E-state index is -1.58. The number of hydrogen-bond acceptors (Lipinski definition) is 5. The number of phenolic OH excluding ortho intramolecular Hbond substituents is 1. The van der Waals surface area contributed by atoms with Crippen LogP contribution in [-0.4, -0.2) is 27.3 Å². The van der Waals surface area contributed by atoms with Crippen molar-refractivity contribution in [2.24, 2.45) is 0 Å². The normalized spacial score (nSPS) is 15.2. The average molecular weight is 477 g/mol. The fraction of sp³-hybridized carbons (Fsp3) is 0.250. The molecular formula is C28H28O5S. The molecule has 1 atom stereocenters. The van der Waals surface area contributed by atoms with E-state index in [0.29, 0.717) is 44.4 Å². The lowest BCUT2D eigenvalue weighted by atomic mass is 9.94. The lowest BCUT2D eigenvalue weighted by Crippen LogP contribution is -2.23. The predicted molar refractivity (Wildman–Crippen MR) is 135 cm³/mol. The SMILES string of the molecule is CCCOc1ccc(C2=C(C(=O)c3ccc(O)cc3)c3ccc(OC(C)(C)C)cc3S2=O)cc1. The highest BCUT2D eigenvalue weighted by atomic mass is 32.2. The first kappa shape index (κ1) is 23.8. The van der Waals surface area contributed by atoms with E-state index in [0.717, 1.165) is 12.2 Å². The van der Waals surface area contributed by atoms with Crippen LogP contribution in [0.15, 0.2) is 71.6 Å². The van der Waals surface area contributed by atoms with Gasteiger partial charge in [0.15, 0.2) is 5.78 Å². The molecule has 6 heteroatoms. The Balaban J connectivity index is 1.83. The lowest BCUT2D eigenvalue weighted by Gasteiger charge is -2.21. The van der Waals surface area contributed by atoms with E-state index in [2.05, 4.69) is 0 Å². The van der Waals surface area contributed by atoms with Gasteiger partial charge < -0.3 is 14.6 Å². The molecule has 0 aliphatic carbocycles. The van der Waals surface area contributed by atoms with E-state index < -0.39 is 16.4 Å². The van der Waals surface area contributed by atoms with Crippen LogP contribution in [0.3, 0.4) is 0 Å². The number of fused-ring (bicyclic) bond motifs is 1. The molecular weight excluding hydrogens is 448 g/mol. The van der Waals surface area contributed by atoms with Crippen molar-refractivity contribution in [1.82, 2.24) is 0 Å². The van der Waals surface area contributed by atoms with Crippen molar-refractivity contribution in [3.8, 4) is 17.2 Å². The molecule has 0 radical (unpaired) electrons. The monoisotopic (exact) mass is 476 g/mol. The number of aromatic hydroxyl groups is 1. The van der Waals surface area contributed by atoms with Gasteiger partial charge in [-0.2, -0.15) is 0 Å². The van der Waals surface area contributed by atoms with Gasteiger partial charge in [-0.3, -0.25) is 4.79 Å². The summed E-state index contributed by atoms with van der Waals surface area (Å²) in [6.45, 7) is 8.49. The first-order chi connectivity index (χ1) is 16.2. The molecule has 1 N–H and O–H groups in total. The van der Waals surface area contributed by atoms with Gasteiger partial charge in [0, 0.05) is 16.7 Å². The summed E-state index contributed by atoms with van der Waals surface area (Å²) in [5.74, 6) is 1.14. The number of phenols is 1. The zero-order chi connectivity index (χ0) is 24.5. The summed E-state index contributed by atoms with van der Waals surface area (Å²) in [5, 5.41) is 9.65. The summed E-state index contributed by atoms with van der Waals surface area (Å²) in [7, 11) is -1.58. The number of allylic oxidation sites excluding steroid dienone is 1. The molecule has 0 bridgehead atoms. The second kappa shape index (κ2) is 9.47. The number of Topliss-reactive ketones (excluding diaryl/α,β-unsaturated/α-hetero) is 1. The van der Waals surface area contributed by atoms with Crippen molar-refractivity contribution in [2.75, 3.05) is 6.61 Å². The quantitative estimate of drug-likeness (QED) is 0.409. The van der Waals surface area contributed by atoms with E-state index in [1.165, 1.54) is 12.1 Å². The Kier molecular flexibility index (Phi) is 6.62. The summed E-state index contributed by atoms with van der Waals surface area (Å²) >= 11 is 0. The number of carbonyl (C=O) groups is 1. The average Bonchev–Trinajstić information content (AvgIpc) is 3.09. The molecule has 176 valence electrons. The molecule has 0 saturated carbocycles. The molecule has 1 unspecified atom stereocenters. The van der Waals surface area contributed by atoms with E-state index in [1.54, 1.807) is 30.3 Å². The van der Waals surface area contributed by atoms with E-state index >= 15 is 0 Å². The number of carbonyl (C=O) groups excluding carboxylic acids is 1. The summed E-state index contributed by atoms with van der Waals surface area (Å²) < 4.78 is 25.4. The van der Waals surface area contributed by atoms with Gasteiger partial charge in [-0.05, 0) is 87.4 Å². The van der Waals surface area contributed by atoms with Crippen molar-refractivity contribution in [3.05, 3.63) is 83.4 Å². The number of ketones is 1. The highest BCUT2D eigenvalue weighted by Crippen LogP contribution is 2.45. The fourth-order valence-electron chi connectivity index (χ4n) is 3.76. The molecule has 0 fully saturated rings. The summed E-state index contributed by atoms with van der Waals surface area (Å²) in [5.41, 5.74) is 1.71. The minimum absolute atomic E-state index is 0.0767. The highest BCUT2D eigenvalue weighted by molar-refractivity contribution is 7.95. The molecule has 1 heterocycles. The predicted octanol–water partition coefficient (Wildman–Crippen LogP) is 6.23. The maximum absolute atomic E-state index is 13.7. The third-order valence-electron chi connectivity index (χ3n) is 5.20. The molecule has 1 aliphatic rings. The Morgan fingerprint density at radius 2 is 1.59 bits per heavy atom. The molecule has 0 amide bonds. The van der Waals surface area contributed by atoms with Crippen LogP contribution in [0, 0.1) is 0 Å². The van der Waals surface area contributed by atoms with Crippen LogP contribution in [0.2, 0.25) is 0 Å². The van der Waals surface area contributed by atoms with Crippen molar-refractivity contribution in [1.29, 1.82) is 0 Å². The molecule has 3 aromatic rings. The number of ether oxygens (including phenoxy) is 2. The van der Waals surface area contributed by atoms with Gasteiger partial charge in [0.1, 0.15) is 22.8 Å². The molecule has 0 saturated heterocycles. The van der Waals surface area contributed by atoms with Crippen LogP contribution in [0.4, 0.5) is 0 Å². The molecule has 5 nitrogen and oxygen atoms in total. The van der Waals surface area contributed by atoms with E-state index in [-0.39, 0.29) is 11.5 Å². The summed E-state index contributed by atoms with van der Waals surface area (Å²) in [6.07, 6.45) is 0.899. The van der Waals surface area contributed by atoms with Gasteiger partial charge >= 0.3 is 0 Å². The number of benzene rings is 3. The van der Waals surface area contributed by atoms with Crippen LogP contribution in [0.5, 0.6) is 17.2 Å². The van der Waals surface area contributed by atoms with Crippen molar-refractivity contribution >= 4 is 27.1 Å². The van der Waals surface area contributed by atoms with Gasteiger partial charge in [0.2, 0.25) is 0 Å². The zero-order valence-corrected chi connectivity index (χ0v) is 20.6. The standard InChI is InChI=1S/C28H28O5S/c1-5-16-32-21-12-8-19(9-13-21)27-25(26(30)18-6-10-20(29)11-7-18)23-15-14-22(33-28(2,3)4)17-24(23)34(27)31/h6-15,17,29H,5,16H2,1-4H3. The molecule has 0 aromatic heterocycles. The molecule has 34 heavy (non-hydrogen) atoms. The Hall–Kier alpha value is -3.38. The lowest BCUT2D eigenvalue weighted by molar-refractivity contribution is 0.105. The van der Waals surface area contributed by atoms with Gasteiger partial charge in [0.05, 0.1) is 27.2 Å². The maximum Gasteiger partial charge on any atom is 0.194 e. The number of rotatable bonds is 7. The third kappa shape index (κ3) is 4.92. The molecule has 4 rings (SSSR count). The molecule has 1 aliphatic heterocycles. The maximum atomic E-state index is 13.7. The Morgan fingerprint density at radius 1 is 0.941 bits per heavy atom. The van der Waals surface area contributed by atoms with E-state index in [4.69, 9.17) is 9.47 Å². The van der Waals surface area contributed by atoms with Gasteiger partial charge in [-0.1, -0.05) is 19.1 Å². The van der Waals surface area contributed by atoms with E-state index in [1.807, 2.05) is 52.0 Å². The van der Waals surface area contributed by atoms with Crippen LogP contribution in [-0.2, 0) is 10.8 Å². The topological polar surface area (TPSA) is 72.8 Å². The highest BCUT2D eigenvalue weighted by Gasteiger charge is 2.34. The fourth-order valence-corrected chi connectivity index (χ4v) is 5.31. The Labute approximate surface area is 202 Å². The van der Waals surface area contributed by atoms with E-state index in [9.17, 15) is 14.1 Å². The van der Waals surface area contributed by atoms with Crippen LogP contribution in [0.25, 0.3) is 10.5 Å². The van der Waals surface area contributed by atoms with Crippen molar-refractivity contribution in [3.63, 3.8) is 0 Å². The smallest absolute Gasteiger partial charge is 0.194 e. The van der Waals surface area contributed by atoms with Gasteiger partial charge in [-0.15, -0.1) is 0 Å². The second-order valence-electron chi connectivity index (χ2n) is 9.09. The number of hydrogen-bond donors (Lipinski definition) is 1. The Morgan fingerprint density at radius 3 is 2.21 bits per heavy atom. The van der Waals surface area contributed by atoms with Crippen molar-refractivity contribution in [2.45, 2.75) is 44.6 Å². The van der Waals surface area contributed by atoms with Crippen LogP contribution >= 0.6 is 0 Å². The summed E-state index contributed by atoms with van der Waals surface area (Å²) in [6, 6.07) is 18.8. The minimum Gasteiger partial charge on any atom is -0.508 e. The largest absolute Gasteiger partial charge is 0.508 e. The summed E-state index contributed by atoms with van der Waals surface area (Å²) in [4.78, 5) is 14.6. The zero-order valence-electron chi connectivity index (χ0n) is 19.8. The third-order valence-corrected chi connectivity index (χ3v) is 6.75. The second-order valence-corrected chi connectivity index (χ2v) is 10.5. The van der Waals surface area contributed by atoms with Crippen LogP contribution in [0.1, 0.15) is 55.6 Å². The van der Waals surface area contributed by atoms with Crippen molar-refractivity contribution < 1.29 is 23.6 Å². The van der Waals surface area contributed by atoms with Gasteiger partial charge in [-0.25, -0.2) is 4.21 Å². The molecule has 0 spiro atoms. The molecule has 3 aromatic carbocycles. The van der Waals surface area contributed by atoms with Gasteiger partial charge in [0.25, 0.3) is 0 Å². The van der Waals surface area contributed by atoms with Crippen LogP contribution < -0.4 is 9.47 Å².